The maximum Gasteiger partial charge on any atom is 0.269 e. The molecule has 5 nitrogen and oxygen atoms in total. The highest BCUT2D eigenvalue weighted by Crippen LogP contribution is 2.49. The predicted molar refractivity (Wildman–Crippen MR) is 414 cm³/mol. The Balaban J connectivity index is 1.20. The van der Waals surface area contributed by atoms with Gasteiger partial charge in [0.05, 0.1) is 63.6 Å². The maximum absolute atomic E-state index is 11.5. The van der Waals surface area contributed by atoms with Gasteiger partial charge in [0.15, 0.2) is 8.07 Å². The SMILES string of the molecule is [2H]c1c([2H])c([2H])c([Si](c2c([2H])c([2H])c([2H])c([2H])c2[2H])(c2c([2H])c([2H])c([2H])c([2H])c2[2H])c2c([2H])c([2H])c([2H])c(-c3cc(-c4cc(C(C)(C)C)cc(C(C)(C)C)c4)cc(-c4c([2H])c([2H])c5c(c4[2H])C(C([2H])([2H])[2H])(C([2H])([2H])[2H])C([2H])([2H])C([2H])([2H])C5(C([2H])([2H])[2H])C([2H])([2H])[2H])c3-[n+]3[c-]n(-c4cccc(Oc5ccc6c7ccccc7n(-c7cc(C(C)(C)C)ccn7)c6c5)c4)c4ccccc43)c2[2H])c([2H])c1[2H]. The van der Waals surface area contributed by atoms with Crippen molar-refractivity contribution in [3.05, 3.63) is 307 Å². The fourth-order valence-electron chi connectivity index (χ4n) is 12.7. The molecule has 0 bridgehead atoms. The van der Waals surface area contributed by atoms with Crippen molar-refractivity contribution in [1.29, 1.82) is 0 Å². The van der Waals surface area contributed by atoms with E-state index in [1.54, 1.807) is 60.8 Å². The number of nitrogens with zero attached hydrogens (tertiary/aromatic N) is 4. The molecule has 0 unspecified atom stereocenters. The minimum absolute atomic E-state index is 0.0732. The highest BCUT2D eigenvalue weighted by molar-refractivity contribution is 7.20. The summed E-state index contributed by atoms with van der Waals surface area (Å²) in [6, 6.07) is 6.96. The van der Waals surface area contributed by atoms with E-state index < -0.39 is 263 Å². The number of hydrogen-bond donors (Lipinski definition) is 0. The number of fused-ring (bicyclic) bond motifs is 5. The van der Waals surface area contributed by atoms with Gasteiger partial charge in [0, 0.05) is 45.0 Å². The van der Waals surface area contributed by atoms with E-state index in [9.17, 15) is 48.0 Å². The smallest absolute Gasteiger partial charge is 0.269 e. The molecular weight excluding hydrogens is 1210 g/mol. The van der Waals surface area contributed by atoms with E-state index in [0.717, 1.165) is 26.4 Å². The van der Waals surface area contributed by atoms with Gasteiger partial charge in [-0.15, -0.1) is 0 Å². The van der Waals surface area contributed by atoms with Gasteiger partial charge in [0.2, 0.25) is 0 Å². The number of para-hydroxylation sites is 3. The molecule has 0 fully saturated rings. The monoisotopic (exact) mass is 1330 g/mol. The van der Waals surface area contributed by atoms with Crippen LogP contribution >= 0.6 is 0 Å². The molecule has 0 saturated heterocycles. The normalized spacial score (nSPS) is 21.2. The Kier molecular flexibility index (Phi) is 8.35. The van der Waals surface area contributed by atoms with Gasteiger partial charge >= 0.3 is 0 Å². The fourth-order valence-corrected chi connectivity index (χ4v) is 16.3. The van der Waals surface area contributed by atoms with Gasteiger partial charge in [-0.3, -0.25) is 13.7 Å². The van der Waals surface area contributed by atoms with Gasteiger partial charge in [-0.2, -0.15) is 0 Å². The lowest BCUT2D eigenvalue weighted by molar-refractivity contribution is -0.571. The van der Waals surface area contributed by atoms with E-state index in [1.807, 2.05) is 101 Å². The first-order chi connectivity index (χ1) is 62.6. The number of aromatic nitrogens is 4. The molecule has 14 aromatic rings. The molecule has 0 atom stereocenters. The lowest BCUT2D eigenvalue weighted by Crippen LogP contribution is -2.74. The number of hydrogen-bond acceptors (Lipinski definition) is 2. The highest BCUT2D eigenvalue weighted by Gasteiger charge is 2.42. The average molecular weight is 1330 g/mol. The van der Waals surface area contributed by atoms with E-state index in [-0.39, 0.29) is 39.0 Å². The summed E-state index contributed by atoms with van der Waals surface area (Å²) >= 11 is 0. The van der Waals surface area contributed by atoms with Gasteiger partial charge in [0.1, 0.15) is 17.3 Å². The Hall–Kier alpha value is -10.1. The van der Waals surface area contributed by atoms with Crippen LogP contribution in [0, 0.1) is 6.33 Å². The number of benzene rings is 11. The number of pyridine rings is 1. The highest BCUT2D eigenvalue weighted by atomic mass is 28.3. The van der Waals surface area contributed by atoms with Crippen LogP contribution in [0.2, 0.25) is 0 Å². The Labute approximate surface area is 634 Å². The molecule has 0 saturated carbocycles. The minimum Gasteiger partial charge on any atom is -0.458 e. The average Bonchev–Trinajstić information content (AvgIpc) is 0.882. The van der Waals surface area contributed by atoms with Crippen molar-refractivity contribution < 1.29 is 61.4 Å². The summed E-state index contributed by atoms with van der Waals surface area (Å²) in [5, 5.41) is -3.33. The number of rotatable bonds is 12. The van der Waals surface area contributed by atoms with Crippen LogP contribution in [0.1, 0.15) is 182 Å². The van der Waals surface area contributed by atoms with Gasteiger partial charge in [0.25, 0.3) is 6.33 Å². The van der Waals surface area contributed by atoms with Crippen molar-refractivity contribution in [2.45, 2.75) is 130 Å². The summed E-state index contributed by atoms with van der Waals surface area (Å²) < 4.78 is 383. The molecule has 0 spiro atoms. The molecule has 11 aromatic carbocycles. The minimum atomic E-state index is -6.83. The lowest BCUT2D eigenvalue weighted by atomic mass is 9.63. The largest absolute Gasteiger partial charge is 0.458 e. The van der Waals surface area contributed by atoms with Crippen LogP contribution < -0.4 is 30.1 Å². The third kappa shape index (κ3) is 11.4. The van der Waals surface area contributed by atoms with Crippen LogP contribution in [0.5, 0.6) is 11.5 Å². The van der Waals surface area contributed by atoms with Gasteiger partial charge in [-0.1, -0.05) is 289 Å². The molecule has 0 aliphatic heterocycles. The second-order valence-electron chi connectivity index (χ2n) is 27.5. The Bertz CT molecular complexity index is 7130. The fraction of sp³-hybridized carbons (Fsp3) is 0.217. The van der Waals surface area contributed by atoms with E-state index in [1.165, 1.54) is 28.8 Å². The van der Waals surface area contributed by atoms with E-state index in [4.69, 9.17) is 13.8 Å². The Morgan fingerprint density at radius 2 is 1.04 bits per heavy atom. The zero-order valence-electron chi connectivity index (χ0n) is 93.0. The molecule has 0 radical (unpaired) electrons. The van der Waals surface area contributed by atoms with E-state index >= 15 is 0 Å². The summed E-state index contributed by atoms with van der Waals surface area (Å²) in [6.07, 6.45) is -4.68. The van der Waals surface area contributed by atoms with E-state index in [2.05, 4.69) is 27.1 Å². The molecule has 3 aromatic heterocycles. The molecule has 3 heterocycles. The standard InChI is InChI=1S/C92H88N4OSi/c1-88(2,3)66-47-50-93-86(58-66)96-82-40-24-23-39-76(82)77-45-44-71(60-85(77)96)97-70-31-28-30-69(59-70)94-61-95(84-42-26-25-41-83(84)94)87-78(62-29-27-38-75(53-62)98(72-32-17-14-18-33-72,73-34-19-15-20-35-73)74-36-21-16-22-37-74)54-65(64-51-67(89(4,5)6)57-68(52-64)90(7,8)9)55-79(87)63-43-46-80-81(56-63)92(12,13)49-48-91(80,10)11/h14-47,50-60H,48-49H2,1-13H3/i10D3,11D3,12D3,13D3,14D,15D,16D,17D,18D,19D,20D,21D,22D,27D,29D,32D,33D,34D,35D,36D,37D,38D,43D,46D,48D2,49D2,53D,56D. The quantitative estimate of drug-likeness (QED) is 0.0529. The molecule has 0 amide bonds. The van der Waals surface area contributed by atoms with Crippen molar-refractivity contribution in [1.82, 2.24) is 14.1 Å². The first-order valence-electron chi connectivity index (χ1n) is 50.7. The van der Waals surface area contributed by atoms with Crippen LogP contribution in [0.15, 0.2) is 273 Å². The third-order valence-corrected chi connectivity index (χ3v) is 21.9. The van der Waals surface area contributed by atoms with Crippen LogP contribution in [0.25, 0.3) is 83.4 Å². The van der Waals surface area contributed by atoms with Crippen molar-refractivity contribution in [3.8, 4) is 62.1 Å². The first-order valence-corrected chi connectivity index (χ1v) is 33.7. The van der Waals surface area contributed by atoms with Crippen LogP contribution in [-0.4, -0.2) is 22.2 Å². The molecule has 1 aliphatic carbocycles. The topological polar surface area (TPSA) is 35.9 Å². The molecule has 0 N–H and O–H groups in total. The second-order valence-corrected chi connectivity index (χ2v) is 31.0. The van der Waals surface area contributed by atoms with Crippen LogP contribution in [0.3, 0.4) is 0 Å². The summed E-state index contributed by atoms with van der Waals surface area (Å²) in [5.41, 5.74) is -16.4. The lowest BCUT2D eigenvalue weighted by Gasteiger charge is -2.42. The summed E-state index contributed by atoms with van der Waals surface area (Å²) in [5.74, 6) is 1.04. The van der Waals surface area contributed by atoms with Crippen molar-refractivity contribution in [3.63, 3.8) is 0 Å². The first kappa shape index (κ1) is 33.9. The second kappa shape index (κ2) is 24.1. The van der Waals surface area contributed by atoms with Gasteiger partial charge < -0.3 is 4.74 Å². The molecule has 1 aliphatic rings. The van der Waals surface area contributed by atoms with Gasteiger partial charge in [-0.05, 0) is 182 Å². The third-order valence-electron chi connectivity index (χ3n) is 17.9. The van der Waals surface area contributed by atoms with Gasteiger partial charge in [-0.25, -0.2) is 4.98 Å². The van der Waals surface area contributed by atoms with Crippen molar-refractivity contribution >= 4 is 61.7 Å². The zero-order chi connectivity index (χ0) is 101. The summed E-state index contributed by atoms with van der Waals surface area (Å²) in [7, 11) is -6.83. The van der Waals surface area contributed by atoms with E-state index in [0.29, 0.717) is 28.2 Å². The van der Waals surface area contributed by atoms with Crippen LogP contribution in [-0.2, 0) is 27.1 Å². The van der Waals surface area contributed by atoms with Crippen LogP contribution in [0.4, 0.5) is 0 Å². The predicted octanol–water partition coefficient (Wildman–Crippen LogP) is 20.6. The molecular formula is C92H88N4OSi. The number of ether oxygens (including phenoxy) is 1. The summed E-state index contributed by atoms with van der Waals surface area (Å²) in [4.78, 5) is 4.84. The molecule has 98 heavy (non-hydrogen) atoms. The summed E-state index contributed by atoms with van der Waals surface area (Å²) in [6.45, 7) is -1.08. The van der Waals surface area contributed by atoms with Crippen molar-refractivity contribution in [2.75, 3.05) is 0 Å². The van der Waals surface area contributed by atoms with Crippen molar-refractivity contribution in [2.24, 2.45) is 0 Å². The molecule has 15 rings (SSSR count). The maximum atomic E-state index is 11.5. The number of imidazole rings is 1. The Morgan fingerprint density at radius 1 is 0.480 bits per heavy atom. The molecule has 6 heteroatoms. The molecule has 486 valence electrons. The zero-order valence-corrected chi connectivity index (χ0v) is 56.0. The Morgan fingerprint density at radius 3 is 1.67 bits per heavy atom.